The lowest BCUT2D eigenvalue weighted by Crippen LogP contribution is -2.23. The number of nitrogens with zero attached hydrogens (tertiary/aromatic N) is 3. The number of para-hydroxylation sites is 1. The van der Waals surface area contributed by atoms with Gasteiger partial charge < -0.3 is 10.1 Å². The van der Waals surface area contributed by atoms with Crippen LogP contribution in [0.5, 0.6) is 5.75 Å². The molecule has 1 unspecified atom stereocenters. The third-order valence-electron chi connectivity index (χ3n) is 5.30. The van der Waals surface area contributed by atoms with E-state index >= 15 is 0 Å². The number of carbonyl (C=O) groups excluding carboxylic acids is 1. The van der Waals surface area contributed by atoms with E-state index < -0.39 is 0 Å². The van der Waals surface area contributed by atoms with Crippen molar-refractivity contribution in [1.82, 2.24) is 14.8 Å². The van der Waals surface area contributed by atoms with Gasteiger partial charge in [-0.1, -0.05) is 42.1 Å². The molecule has 0 bridgehead atoms. The number of amides is 1. The van der Waals surface area contributed by atoms with Gasteiger partial charge in [0.25, 0.3) is 0 Å². The summed E-state index contributed by atoms with van der Waals surface area (Å²) in [6, 6.07) is 23.6. The van der Waals surface area contributed by atoms with E-state index in [0.29, 0.717) is 11.0 Å². The van der Waals surface area contributed by atoms with Crippen molar-refractivity contribution in [2.45, 2.75) is 31.2 Å². The van der Waals surface area contributed by atoms with Crippen molar-refractivity contribution in [1.29, 1.82) is 0 Å². The standard InChI is InChI=1S/C26H26N4O2S/c1-17-10-11-18(2)23(16-17)27-25(31)19(3)33-26-29-28-24(20-12-14-22(32-4)15-13-20)30(26)21-8-6-5-7-9-21/h5-16,19H,1-4H3,(H,27,31). The van der Waals surface area contributed by atoms with Crippen molar-refractivity contribution < 1.29 is 9.53 Å². The van der Waals surface area contributed by atoms with Gasteiger partial charge in [-0.05, 0) is 74.4 Å². The van der Waals surface area contributed by atoms with E-state index in [1.807, 2.05) is 98.1 Å². The normalized spacial score (nSPS) is 11.8. The molecule has 33 heavy (non-hydrogen) atoms. The Hall–Kier alpha value is -3.58. The number of rotatable bonds is 7. The van der Waals surface area contributed by atoms with E-state index in [1.165, 1.54) is 11.8 Å². The number of benzene rings is 3. The van der Waals surface area contributed by atoms with Crippen molar-refractivity contribution in [3.05, 3.63) is 83.9 Å². The van der Waals surface area contributed by atoms with Gasteiger partial charge in [0.1, 0.15) is 5.75 Å². The average molecular weight is 459 g/mol. The first-order chi connectivity index (χ1) is 16.0. The van der Waals surface area contributed by atoms with Crippen LogP contribution in [-0.4, -0.2) is 33.0 Å². The van der Waals surface area contributed by atoms with Crippen molar-refractivity contribution in [3.63, 3.8) is 0 Å². The molecule has 1 N–H and O–H groups in total. The Bertz CT molecular complexity index is 1250. The molecule has 3 aromatic carbocycles. The monoisotopic (exact) mass is 458 g/mol. The lowest BCUT2D eigenvalue weighted by atomic mass is 10.1. The Kier molecular flexibility index (Phi) is 6.79. The third-order valence-corrected chi connectivity index (χ3v) is 6.34. The first kappa shape index (κ1) is 22.6. The second-order valence-electron chi connectivity index (χ2n) is 7.77. The molecule has 0 radical (unpaired) electrons. The van der Waals surface area contributed by atoms with Crippen LogP contribution in [0.15, 0.2) is 78.0 Å². The quantitative estimate of drug-likeness (QED) is 0.361. The lowest BCUT2D eigenvalue weighted by molar-refractivity contribution is -0.115. The maximum Gasteiger partial charge on any atom is 0.237 e. The first-order valence-electron chi connectivity index (χ1n) is 10.7. The number of hydrogen-bond acceptors (Lipinski definition) is 5. The van der Waals surface area contributed by atoms with Gasteiger partial charge in [0.15, 0.2) is 11.0 Å². The predicted octanol–water partition coefficient (Wildman–Crippen LogP) is 5.68. The number of nitrogens with one attached hydrogen (secondary N) is 1. The summed E-state index contributed by atoms with van der Waals surface area (Å²) in [6.07, 6.45) is 0. The fourth-order valence-electron chi connectivity index (χ4n) is 3.40. The molecule has 0 aliphatic carbocycles. The largest absolute Gasteiger partial charge is 0.497 e. The number of carbonyl (C=O) groups is 1. The Morgan fingerprint density at radius 2 is 1.73 bits per heavy atom. The number of ether oxygens (including phenoxy) is 1. The van der Waals surface area contributed by atoms with E-state index in [2.05, 4.69) is 15.5 Å². The molecular formula is C26H26N4O2S. The number of aromatic nitrogens is 3. The molecular weight excluding hydrogens is 432 g/mol. The molecule has 4 aromatic rings. The second-order valence-corrected chi connectivity index (χ2v) is 9.08. The Morgan fingerprint density at radius 3 is 2.42 bits per heavy atom. The van der Waals surface area contributed by atoms with E-state index in [-0.39, 0.29) is 11.2 Å². The SMILES string of the molecule is COc1ccc(-c2nnc(SC(C)C(=O)Nc3cc(C)ccc3C)n2-c2ccccc2)cc1. The molecule has 6 nitrogen and oxygen atoms in total. The van der Waals surface area contributed by atoms with E-state index in [0.717, 1.165) is 33.8 Å². The van der Waals surface area contributed by atoms with Gasteiger partial charge in [0.05, 0.1) is 12.4 Å². The second kappa shape index (κ2) is 9.92. The van der Waals surface area contributed by atoms with Crippen molar-refractivity contribution in [2.75, 3.05) is 12.4 Å². The Balaban J connectivity index is 1.63. The maximum absolute atomic E-state index is 13.0. The zero-order chi connectivity index (χ0) is 23.4. The van der Waals surface area contributed by atoms with Crippen LogP contribution in [0.3, 0.4) is 0 Å². The molecule has 0 spiro atoms. The molecule has 1 heterocycles. The van der Waals surface area contributed by atoms with Crippen LogP contribution >= 0.6 is 11.8 Å². The maximum atomic E-state index is 13.0. The van der Waals surface area contributed by atoms with Gasteiger partial charge in [0.2, 0.25) is 5.91 Å². The fourth-order valence-corrected chi connectivity index (χ4v) is 4.27. The van der Waals surface area contributed by atoms with Crippen LogP contribution in [0.4, 0.5) is 5.69 Å². The van der Waals surface area contributed by atoms with Gasteiger partial charge in [-0.15, -0.1) is 10.2 Å². The molecule has 0 saturated carbocycles. The van der Waals surface area contributed by atoms with Crippen LogP contribution in [0.1, 0.15) is 18.1 Å². The zero-order valence-corrected chi connectivity index (χ0v) is 19.9. The van der Waals surface area contributed by atoms with E-state index in [4.69, 9.17) is 4.74 Å². The van der Waals surface area contributed by atoms with Crippen LogP contribution in [0, 0.1) is 13.8 Å². The Labute approximate surface area is 198 Å². The highest BCUT2D eigenvalue weighted by molar-refractivity contribution is 8.00. The molecule has 0 saturated heterocycles. The zero-order valence-electron chi connectivity index (χ0n) is 19.1. The number of hydrogen-bond donors (Lipinski definition) is 1. The van der Waals surface area contributed by atoms with Crippen LogP contribution < -0.4 is 10.1 Å². The highest BCUT2D eigenvalue weighted by atomic mass is 32.2. The summed E-state index contributed by atoms with van der Waals surface area (Å²) in [4.78, 5) is 13.0. The molecule has 0 aliphatic heterocycles. The molecule has 1 amide bonds. The summed E-state index contributed by atoms with van der Waals surface area (Å²) in [5.74, 6) is 1.40. The minimum atomic E-state index is -0.375. The average Bonchev–Trinajstić information content (AvgIpc) is 3.25. The van der Waals surface area contributed by atoms with Crippen molar-refractivity contribution >= 4 is 23.4 Å². The minimum absolute atomic E-state index is 0.0812. The van der Waals surface area contributed by atoms with Crippen molar-refractivity contribution in [3.8, 4) is 22.8 Å². The Morgan fingerprint density at radius 1 is 1.00 bits per heavy atom. The van der Waals surface area contributed by atoms with Gasteiger partial charge >= 0.3 is 0 Å². The summed E-state index contributed by atoms with van der Waals surface area (Å²) < 4.78 is 7.26. The fraction of sp³-hybridized carbons (Fsp3) is 0.192. The molecule has 168 valence electrons. The topological polar surface area (TPSA) is 69.0 Å². The first-order valence-corrected chi connectivity index (χ1v) is 11.5. The van der Waals surface area contributed by atoms with Crippen LogP contribution in [0.2, 0.25) is 0 Å². The lowest BCUT2D eigenvalue weighted by Gasteiger charge is -2.15. The van der Waals surface area contributed by atoms with Crippen LogP contribution in [0.25, 0.3) is 17.1 Å². The van der Waals surface area contributed by atoms with E-state index in [9.17, 15) is 4.79 Å². The van der Waals surface area contributed by atoms with Gasteiger partial charge in [0, 0.05) is 16.9 Å². The minimum Gasteiger partial charge on any atom is -0.497 e. The summed E-state index contributed by atoms with van der Waals surface area (Å²) in [5, 5.41) is 12.2. The number of thioether (sulfide) groups is 1. The highest BCUT2D eigenvalue weighted by Crippen LogP contribution is 2.31. The van der Waals surface area contributed by atoms with Gasteiger partial charge in [-0.25, -0.2) is 0 Å². The van der Waals surface area contributed by atoms with Gasteiger partial charge in [-0.2, -0.15) is 0 Å². The number of methoxy groups -OCH3 is 1. The molecule has 0 fully saturated rings. The summed E-state index contributed by atoms with van der Waals surface area (Å²) >= 11 is 1.38. The smallest absolute Gasteiger partial charge is 0.237 e. The van der Waals surface area contributed by atoms with Crippen LogP contribution in [-0.2, 0) is 4.79 Å². The van der Waals surface area contributed by atoms with E-state index in [1.54, 1.807) is 7.11 Å². The van der Waals surface area contributed by atoms with Crippen molar-refractivity contribution in [2.24, 2.45) is 0 Å². The molecule has 1 atom stereocenters. The third kappa shape index (κ3) is 5.09. The molecule has 7 heteroatoms. The molecule has 0 aliphatic rings. The highest BCUT2D eigenvalue weighted by Gasteiger charge is 2.22. The summed E-state index contributed by atoms with van der Waals surface area (Å²) in [6.45, 7) is 5.87. The predicted molar refractivity (Wildman–Crippen MR) is 133 cm³/mol. The summed E-state index contributed by atoms with van der Waals surface area (Å²) in [5.41, 5.74) is 4.80. The molecule has 1 aromatic heterocycles. The summed E-state index contributed by atoms with van der Waals surface area (Å²) in [7, 11) is 1.64. The number of anilines is 1. The van der Waals surface area contributed by atoms with Gasteiger partial charge in [-0.3, -0.25) is 9.36 Å². The number of aryl methyl sites for hydroxylation is 2. The molecule has 4 rings (SSSR count).